The lowest BCUT2D eigenvalue weighted by Gasteiger charge is -2.14. The molecule has 1 amide bonds. The molecular formula is C22H29N5O5. The number of aromatic nitrogens is 4. The Morgan fingerprint density at radius 2 is 1.84 bits per heavy atom. The van der Waals surface area contributed by atoms with Gasteiger partial charge in [0.05, 0.1) is 19.4 Å². The molecule has 1 aromatic carbocycles. The third-order valence-electron chi connectivity index (χ3n) is 5.20. The number of benzene rings is 1. The molecule has 0 aliphatic heterocycles. The van der Waals surface area contributed by atoms with Crippen LogP contribution >= 0.6 is 0 Å². The topological polar surface area (TPSA) is 109 Å². The van der Waals surface area contributed by atoms with E-state index in [-0.39, 0.29) is 5.52 Å². The zero-order valence-corrected chi connectivity index (χ0v) is 19.1. The van der Waals surface area contributed by atoms with Crippen molar-refractivity contribution < 1.29 is 14.3 Å². The summed E-state index contributed by atoms with van der Waals surface area (Å²) in [5.41, 5.74) is 0.900. The van der Waals surface area contributed by atoms with Gasteiger partial charge in [-0.25, -0.2) is 14.3 Å². The number of fused-ring (bicyclic) bond motifs is 1. The van der Waals surface area contributed by atoms with Crippen LogP contribution in [0.2, 0.25) is 0 Å². The highest BCUT2D eigenvalue weighted by molar-refractivity contribution is 5.92. The van der Waals surface area contributed by atoms with Gasteiger partial charge in [-0.05, 0) is 38.0 Å². The zero-order chi connectivity index (χ0) is 23.4. The molecule has 3 rings (SSSR count). The lowest BCUT2D eigenvalue weighted by molar-refractivity contribution is -0.116. The quantitative estimate of drug-likeness (QED) is 0.539. The van der Waals surface area contributed by atoms with Gasteiger partial charge < -0.3 is 19.4 Å². The van der Waals surface area contributed by atoms with E-state index in [1.165, 1.54) is 11.7 Å². The molecule has 0 saturated heterocycles. The van der Waals surface area contributed by atoms with E-state index in [1.807, 2.05) is 19.9 Å². The zero-order valence-electron chi connectivity index (χ0n) is 19.1. The summed E-state index contributed by atoms with van der Waals surface area (Å²) >= 11 is 0. The smallest absolute Gasteiger partial charge is 0.333 e. The van der Waals surface area contributed by atoms with E-state index in [0.29, 0.717) is 49.0 Å². The summed E-state index contributed by atoms with van der Waals surface area (Å²) in [7, 11) is 3.08. The number of nitrogens with one attached hydrogen (secondary N) is 1. The summed E-state index contributed by atoms with van der Waals surface area (Å²) in [5.74, 6) is 0.587. The number of rotatable bonds is 9. The fourth-order valence-electron chi connectivity index (χ4n) is 3.67. The summed E-state index contributed by atoms with van der Waals surface area (Å²) in [6.45, 7) is 6.33. The van der Waals surface area contributed by atoms with Crippen LogP contribution in [0.1, 0.15) is 24.7 Å². The molecule has 0 aliphatic carbocycles. The van der Waals surface area contributed by atoms with Gasteiger partial charge >= 0.3 is 5.69 Å². The van der Waals surface area contributed by atoms with Crippen molar-refractivity contribution in [2.45, 2.75) is 46.8 Å². The minimum absolute atomic E-state index is 0.286. The molecule has 0 unspecified atom stereocenters. The fraction of sp³-hybridized carbons (Fsp3) is 0.455. The second-order valence-electron chi connectivity index (χ2n) is 7.55. The van der Waals surface area contributed by atoms with E-state index in [1.54, 1.807) is 30.7 Å². The van der Waals surface area contributed by atoms with Crippen LogP contribution in [-0.2, 0) is 29.2 Å². The molecule has 0 saturated carbocycles. The van der Waals surface area contributed by atoms with Crippen LogP contribution in [0, 0.1) is 13.8 Å². The largest absolute Gasteiger partial charge is 0.495 e. The van der Waals surface area contributed by atoms with Gasteiger partial charge in [0.1, 0.15) is 18.1 Å². The first-order chi connectivity index (χ1) is 15.3. The van der Waals surface area contributed by atoms with Crippen molar-refractivity contribution in [2.75, 3.05) is 26.1 Å². The molecule has 0 bridgehead atoms. The summed E-state index contributed by atoms with van der Waals surface area (Å²) < 4.78 is 14.6. The highest BCUT2D eigenvalue weighted by Crippen LogP contribution is 2.25. The van der Waals surface area contributed by atoms with Gasteiger partial charge in [0, 0.05) is 20.2 Å². The summed E-state index contributed by atoms with van der Waals surface area (Å²) in [6.07, 6.45) is 0.671. The van der Waals surface area contributed by atoms with Gasteiger partial charge in [-0.1, -0.05) is 13.0 Å². The number of methoxy groups -OCH3 is 2. The lowest BCUT2D eigenvalue weighted by atomic mass is 10.2. The first kappa shape index (κ1) is 23.3. The summed E-state index contributed by atoms with van der Waals surface area (Å²) in [4.78, 5) is 43.7. The average Bonchev–Trinajstić information content (AvgIpc) is 3.08. The lowest BCUT2D eigenvalue weighted by Crippen LogP contribution is -2.43. The second-order valence-corrected chi connectivity index (χ2v) is 7.55. The third kappa shape index (κ3) is 4.45. The Morgan fingerprint density at radius 3 is 2.50 bits per heavy atom. The maximum absolute atomic E-state index is 13.3. The van der Waals surface area contributed by atoms with E-state index in [9.17, 15) is 14.4 Å². The van der Waals surface area contributed by atoms with Crippen LogP contribution in [0.15, 0.2) is 27.8 Å². The molecule has 0 aliphatic rings. The standard InChI is InChI=1S/C22H29N5O5/c1-6-9-26-20-19(25(10-11-31-4)15(3)23-20)21(29)27(22(26)30)13-18(28)24-16-12-14(2)7-8-17(16)32-5/h7-8,12H,6,9-11,13H2,1-5H3,(H,24,28). The Balaban J connectivity index is 2.08. The number of nitrogens with zero attached hydrogens (tertiary/aromatic N) is 4. The Kier molecular flexibility index (Phi) is 7.14. The number of carbonyl (C=O) groups is 1. The van der Waals surface area contributed by atoms with Crippen molar-refractivity contribution in [3.05, 3.63) is 50.4 Å². The number of hydrogen-bond donors (Lipinski definition) is 1. The molecule has 32 heavy (non-hydrogen) atoms. The van der Waals surface area contributed by atoms with Gasteiger partial charge in [-0.15, -0.1) is 0 Å². The third-order valence-corrected chi connectivity index (χ3v) is 5.20. The minimum atomic E-state index is -0.563. The molecule has 2 heterocycles. The predicted molar refractivity (Wildman–Crippen MR) is 122 cm³/mol. The highest BCUT2D eigenvalue weighted by Gasteiger charge is 2.21. The Bertz CT molecular complexity index is 1250. The van der Waals surface area contributed by atoms with Crippen LogP contribution in [-0.4, -0.2) is 45.4 Å². The van der Waals surface area contributed by atoms with E-state index < -0.39 is 23.7 Å². The van der Waals surface area contributed by atoms with E-state index in [0.717, 1.165) is 10.1 Å². The van der Waals surface area contributed by atoms with Gasteiger partial charge in [0.2, 0.25) is 5.91 Å². The molecule has 3 aromatic rings. The van der Waals surface area contributed by atoms with Crippen molar-refractivity contribution in [3.8, 4) is 5.75 Å². The van der Waals surface area contributed by atoms with Crippen LogP contribution in [0.25, 0.3) is 11.2 Å². The van der Waals surface area contributed by atoms with Gasteiger partial charge in [-0.3, -0.25) is 14.2 Å². The number of hydrogen-bond acceptors (Lipinski definition) is 6. The molecule has 2 aromatic heterocycles. The van der Waals surface area contributed by atoms with Gasteiger partial charge in [0.15, 0.2) is 11.2 Å². The number of anilines is 1. The maximum Gasteiger partial charge on any atom is 0.333 e. The van der Waals surface area contributed by atoms with Crippen molar-refractivity contribution in [2.24, 2.45) is 0 Å². The van der Waals surface area contributed by atoms with Crippen LogP contribution in [0.5, 0.6) is 5.75 Å². The number of carbonyl (C=O) groups excluding carboxylic acids is 1. The summed E-state index contributed by atoms with van der Waals surface area (Å²) in [6, 6.07) is 5.37. The van der Waals surface area contributed by atoms with Gasteiger partial charge in [0.25, 0.3) is 5.56 Å². The molecule has 0 spiro atoms. The van der Waals surface area contributed by atoms with E-state index in [2.05, 4.69) is 10.3 Å². The van der Waals surface area contributed by atoms with Gasteiger partial charge in [-0.2, -0.15) is 0 Å². The Labute approximate surface area is 185 Å². The highest BCUT2D eigenvalue weighted by atomic mass is 16.5. The van der Waals surface area contributed by atoms with Crippen LogP contribution in [0.3, 0.4) is 0 Å². The minimum Gasteiger partial charge on any atom is -0.495 e. The van der Waals surface area contributed by atoms with E-state index >= 15 is 0 Å². The predicted octanol–water partition coefficient (Wildman–Crippen LogP) is 1.68. The monoisotopic (exact) mass is 443 g/mol. The van der Waals surface area contributed by atoms with Crippen LogP contribution in [0.4, 0.5) is 5.69 Å². The molecule has 172 valence electrons. The van der Waals surface area contributed by atoms with Crippen LogP contribution < -0.4 is 21.3 Å². The van der Waals surface area contributed by atoms with Crippen molar-refractivity contribution in [1.82, 2.24) is 18.7 Å². The number of ether oxygens (including phenoxy) is 2. The maximum atomic E-state index is 13.3. The van der Waals surface area contributed by atoms with Crippen molar-refractivity contribution in [1.29, 1.82) is 0 Å². The summed E-state index contributed by atoms with van der Waals surface area (Å²) in [5, 5.41) is 2.74. The normalized spacial score (nSPS) is 11.2. The average molecular weight is 444 g/mol. The molecule has 1 N–H and O–H groups in total. The second kappa shape index (κ2) is 9.82. The molecule has 0 radical (unpaired) electrons. The Morgan fingerprint density at radius 1 is 1.09 bits per heavy atom. The molecule has 10 nitrogen and oxygen atoms in total. The van der Waals surface area contributed by atoms with E-state index in [4.69, 9.17) is 9.47 Å². The van der Waals surface area contributed by atoms with Crippen molar-refractivity contribution >= 4 is 22.8 Å². The number of aryl methyl sites for hydroxylation is 3. The SMILES string of the molecule is CCCn1c(=O)n(CC(=O)Nc2cc(C)ccc2OC)c(=O)c2c1nc(C)n2CCOC. The number of imidazole rings is 1. The molecular weight excluding hydrogens is 414 g/mol. The van der Waals surface area contributed by atoms with Crippen molar-refractivity contribution in [3.63, 3.8) is 0 Å². The Hall–Kier alpha value is -3.40. The fourth-order valence-corrected chi connectivity index (χ4v) is 3.67. The molecule has 0 fully saturated rings. The molecule has 10 heteroatoms. The molecule has 0 atom stereocenters. The first-order valence-electron chi connectivity index (χ1n) is 10.5. The first-order valence-corrected chi connectivity index (χ1v) is 10.5. The number of amides is 1.